The van der Waals surface area contributed by atoms with Gasteiger partial charge in [-0.1, -0.05) is 45.2 Å². The second-order valence-corrected chi connectivity index (χ2v) is 5.23. The third-order valence-corrected chi connectivity index (χ3v) is 3.82. The molecule has 0 aromatic carbocycles. The molecule has 1 aromatic heterocycles. The Bertz CT molecular complexity index is 349. The Morgan fingerprint density at radius 1 is 1.38 bits per heavy atom. The van der Waals surface area contributed by atoms with Crippen LogP contribution in [0.15, 0.2) is 12.3 Å². The number of aryl methyl sites for hydroxylation is 1. The largest absolute Gasteiger partial charge is 0.261 e. The highest BCUT2D eigenvalue weighted by molar-refractivity contribution is 6.31. The molecule has 0 saturated heterocycles. The average Bonchev–Trinajstić information content (AvgIpc) is 2.26. The van der Waals surface area contributed by atoms with Crippen molar-refractivity contribution < 1.29 is 0 Å². The number of rotatable bonds is 5. The van der Waals surface area contributed by atoms with Crippen molar-refractivity contribution in [2.24, 2.45) is 0 Å². The molecule has 1 unspecified atom stereocenters. The van der Waals surface area contributed by atoms with E-state index in [1.165, 1.54) is 24.8 Å². The van der Waals surface area contributed by atoms with Crippen molar-refractivity contribution in [1.29, 1.82) is 0 Å². The van der Waals surface area contributed by atoms with Gasteiger partial charge in [0.05, 0.1) is 0 Å². The lowest BCUT2D eigenvalue weighted by Crippen LogP contribution is -2.21. The fourth-order valence-corrected chi connectivity index (χ4v) is 2.47. The van der Waals surface area contributed by atoms with Gasteiger partial charge in [-0.2, -0.15) is 0 Å². The summed E-state index contributed by atoms with van der Waals surface area (Å²) in [4.78, 5) is 4.38. The summed E-state index contributed by atoms with van der Waals surface area (Å²) in [7, 11) is 0. The number of aromatic nitrogens is 1. The van der Waals surface area contributed by atoms with Gasteiger partial charge in [-0.3, -0.25) is 4.98 Å². The summed E-state index contributed by atoms with van der Waals surface area (Å²) in [5.74, 6) is 0. The second-order valence-electron chi connectivity index (χ2n) is 4.82. The third kappa shape index (κ3) is 2.98. The Kier molecular flexibility index (Phi) is 4.79. The smallest absolute Gasteiger partial charge is 0.0476 e. The van der Waals surface area contributed by atoms with Crippen LogP contribution in [0, 0.1) is 6.92 Å². The van der Waals surface area contributed by atoms with E-state index in [2.05, 4.69) is 25.8 Å². The maximum absolute atomic E-state index is 6.33. The Hall–Kier alpha value is -0.560. The number of pyridine rings is 1. The molecule has 16 heavy (non-hydrogen) atoms. The van der Waals surface area contributed by atoms with Gasteiger partial charge in [0.1, 0.15) is 0 Å². The van der Waals surface area contributed by atoms with Crippen molar-refractivity contribution >= 4 is 11.6 Å². The van der Waals surface area contributed by atoms with Crippen molar-refractivity contribution in [3.05, 3.63) is 28.5 Å². The van der Waals surface area contributed by atoms with Crippen molar-refractivity contribution in [2.45, 2.75) is 58.8 Å². The van der Waals surface area contributed by atoms with Crippen LogP contribution < -0.4 is 0 Å². The second kappa shape index (κ2) is 5.67. The maximum atomic E-state index is 6.33. The average molecular weight is 240 g/mol. The lowest BCUT2D eigenvalue weighted by atomic mass is 9.76. The van der Waals surface area contributed by atoms with Crippen molar-refractivity contribution in [3.8, 4) is 0 Å². The maximum Gasteiger partial charge on any atom is 0.0476 e. The summed E-state index contributed by atoms with van der Waals surface area (Å²) in [6.45, 7) is 8.72. The van der Waals surface area contributed by atoms with E-state index in [-0.39, 0.29) is 5.41 Å². The number of halogens is 1. The molecule has 0 spiro atoms. The molecule has 1 heterocycles. The number of nitrogens with zero attached hydrogens (tertiary/aromatic N) is 1. The first-order valence-electron chi connectivity index (χ1n) is 6.16. The van der Waals surface area contributed by atoms with Gasteiger partial charge < -0.3 is 0 Å². The summed E-state index contributed by atoms with van der Waals surface area (Å²) in [5.41, 5.74) is 2.37. The van der Waals surface area contributed by atoms with Crippen LogP contribution in [0.4, 0.5) is 0 Å². The highest BCUT2D eigenvalue weighted by atomic mass is 35.5. The molecular formula is C14H22ClN. The van der Waals surface area contributed by atoms with Gasteiger partial charge in [0.15, 0.2) is 0 Å². The van der Waals surface area contributed by atoms with E-state index in [0.29, 0.717) is 0 Å². The van der Waals surface area contributed by atoms with Crippen LogP contribution in [0.3, 0.4) is 0 Å². The quantitative estimate of drug-likeness (QED) is 0.712. The predicted octanol–water partition coefficient (Wildman–Crippen LogP) is 4.90. The van der Waals surface area contributed by atoms with Crippen LogP contribution in [0.2, 0.25) is 5.02 Å². The Morgan fingerprint density at radius 3 is 2.56 bits per heavy atom. The summed E-state index contributed by atoms with van der Waals surface area (Å²) in [5, 5.41) is 0.868. The van der Waals surface area contributed by atoms with E-state index in [9.17, 15) is 0 Å². The Balaban J connectivity index is 3.02. The molecule has 0 radical (unpaired) electrons. The highest BCUT2D eigenvalue weighted by Gasteiger charge is 2.26. The van der Waals surface area contributed by atoms with Crippen LogP contribution in [0.25, 0.3) is 0 Å². The van der Waals surface area contributed by atoms with Crippen LogP contribution in [-0.4, -0.2) is 4.98 Å². The molecule has 0 aliphatic heterocycles. The van der Waals surface area contributed by atoms with Crippen molar-refractivity contribution in [2.75, 3.05) is 0 Å². The zero-order valence-corrected chi connectivity index (χ0v) is 11.6. The van der Waals surface area contributed by atoms with E-state index in [1.54, 1.807) is 0 Å². The summed E-state index contributed by atoms with van der Waals surface area (Å²) < 4.78 is 0. The van der Waals surface area contributed by atoms with Gasteiger partial charge in [0.25, 0.3) is 0 Å². The van der Waals surface area contributed by atoms with E-state index in [1.807, 2.05) is 19.2 Å². The normalized spacial score (nSPS) is 14.8. The lowest BCUT2D eigenvalue weighted by Gasteiger charge is -2.29. The molecule has 0 saturated carbocycles. The van der Waals surface area contributed by atoms with Gasteiger partial charge in [-0.15, -0.1) is 0 Å². The minimum Gasteiger partial charge on any atom is -0.261 e. The molecule has 1 rings (SSSR count). The SMILES string of the molecule is CCCCC(C)(CC)c1cnc(C)cc1Cl. The first kappa shape index (κ1) is 13.5. The number of hydrogen-bond acceptors (Lipinski definition) is 1. The minimum absolute atomic E-state index is 0.174. The summed E-state index contributed by atoms with van der Waals surface area (Å²) in [6.07, 6.45) is 6.72. The molecule has 1 atom stereocenters. The van der Waals surface area contributed by atoms with Gasteiger partial charge in [0, 0.05) is 16.9 Å². The van der Waals surface area contributed by atoms with Crippen molar-refractivity contribution in [3.63, 3.8) is 0 Å². The van der Waals surface area contributed by atoms with E-state index >= 15 is 0 Å². The molecule has 2 heteroatoms. The molecule has 0 fully saturated rings. The molecule has 0 aliphatic rings. The fourth-order valence-electron chi connectivity index (χ4n) is 2.04. The summed E-state index contributed by atoms with van der Waals surface area (Å²) >= 11 is 6.33. The first-order valence-corrected chi connectivity index (χ1v) is 6.54. The zero-order chi connectivity index (χ0) is 12.2. The lowest BCUT2D eigenvalue weighted by molar-refractivity contribution is 0.402. The molecule has 0 bridgehead atoms. The first-order chi connectivity index (χ1) is 7.53. The fraction of sp³-hybridized carbons (Fsp3) is 0.643. The molecule has 90 valence electrons. The molecule has 0 amide bonds. The predicted molar refractivity (Wildman–Crippen MR) is 71.2 cm³/mol. The van der Waals surface area contributed by atoms with E-state index in [4.69, 9.17) is 11.6 Å². The van der Waals surface area contributed by atoms with Crippen molar-refractivity contribution in [1.82, 2.24) is 4.98 Å². The van der Waals surface area contributed by atoms with Crippen LogP contribution >= 0.6 is 11.6 Å². The molecule has 1 aromatic rings. The van der Waals surface area contributed by atoms with Gasteiger partial charge in [0.2, 0.25) is 0 Å². The van der Waals surface area contributed by atoms with Gasteiger partial charge in [-0.05, 0) is 36.8 Å². The number of hydrogen-bond donors (Lipinski definition) is 0. The van der Waals surface area contributed by atoms with E-state index < -0.39 is 0 Å². The monoisotopic (exact) mass is 239 g/mol. The van der Waals surface area contributed by atoms with E-state index in [0.717, 1.165) is 17.1 Å². The Morgan fingerprint density at radius 2 is 2.06 bits per heavy atom. The topological polar surface area (TPSA) is 12.9 Å². The molecular weight excluding hydrogens is 218 g/mol. The van der Waals surface area contributed by atoms with Crippen LogP contribution in [0.5, 0.6) is 0 Å². The standard InChI is InChI=1S/C14H22ClN/c1-5-7-8-14(4,6-2)12-10-16-11(3)9-13(12)15/h9-10H,5-8H2,1-4H3. The van der Waals surface area contributed by atoms with Crippen LogP contribution in [-0.2, 0) is 5.41 Å². The molecule has 1 nitrogen and oxygen atoms in total. The third-order valence-electron chi connectivity index (χ3n) is 3.50. The molecule has 0 aliphatic carbocycles. The minimum atomic E-state index is 0.174. The molecule has 0 N–H and O–H groups in total. The Labute approximate surface area is 104 Å². The van der Waals surface area contributed by atoms with Crippen LogP contribution in [0.1, 0.15) is 57.7 Å². The van der Waals surface area contributed by atoms with Gasteiger partial charge in [-0.25, -0.2) is 0 Å². The summed E-state index contributed by atoms with van der Waals surface area (Å²) in [6, 6.07) is 1.97. The zero-order valence-electron chi connectivity index (χ0n) is 10.8. The number of unbranched alkanes of at least 4 members (excludes halogenated alkanes) is 1. The van der Waals surface area contributed by atoms with Gasteiger partial charge >= 0.3 is 0 Å². The highest BCUT2D eigenvalue weighted by Crippen LogP contribution is 2.36.